The molecule has 17 heavy (non-hydrogen) atoms. The van der Waals surface area contributed by atoms with Gasteiger partial charge in [0.05, 0.1) is 0 Å². The third kappa shape index (κ3) is 2.68. The smallest absolute Gasteiger partial charge is 0.136 e. The Morgan fingerprint density at radius 2 is 2.06 bits per heavy atom. The SMILES string of the molecule is CNc1ncnc(N(C)CC2CCCC2)c1C. The molecule has 4 nitrogen and oxygen atoms in total. The Kier molecular flexibility index (Phi) is 3.82. The van der Waals surface area contributed by atoms with Gasteiger partial charge in [-0.05, 0) is 25.7 Å². The topological polar surface area (TPSA) is 41.1 Å². The quantitative estimate of drug-likeness (QED) is 0.869. The summed E-state index contributed by atoms with van der Waals surface area (Å²) in [6, 6.07) is 0. The van der Waals surface area contributed by atoms with E-state index in [0.29, 0.717) is 0 Å². The molecule has 1 saturated carbocycles. The van der Waals surface area contributed by atoms with Gasteiger partial charge in [-0.25, -0.2) is 9.97 Å². The fourth-order valence-electron chi connectivity index (χ4n) is 2.74. The van der Waals surface area contributed by atoms with Crippen molar-refractivity contribution in [3.05, 3.63) is 11.9 Å². The van der Waals surface area contributed by atoms with Crippen LogP contribution in [0.1, 0.15) is 31.2 Å². The zero-order valence-corrected chi connectivity index (χ0v) is 11.0. The van der Waals surface area contributed by atoms with Crippen molar-refractivity contribution in [2.45, 2.75) is 32.6 Å². The Morgan fingerprint density at radius 3 is 2.71 bits per heavy atom. The first-order valence-electron chi connectivity index (χ1n) is 6.43. The lowest BCUT2D eigenvalue weighted by Gasteiger charge is -2.24. The van der Waals surface area contributed by atoms with E-state index >= 15 is 0 Å². The van der Waals surface area contributed by atoms with E-state index in [0.717, 1.165) is 29.7 Å². The molecule has 0 radical (unpaired) electrons. The van der Waals surface area contributed by atoms with Gasteiger partial charge in [-0.3, -0.25) is 0 Å². The molecular weight excluding hydrogens is 212 g/mol. The molecule has 1 heterocycles. The monoisotopic (exact) mass is 234 g/mol. The molecule has 0 unspecified atom stereocenters. The van der Waals surface area contributed by atoms with Crippen LogP contribution in [0.5, 0.6) is 0 Å². The van der Waals surface area contributed by atoms with Gasteiger partial charge in [-0.1, -0.05) is 12.8 Å². The molecule has 1 fully saturated rings. The molecule has 1 aliphatic rings. The van der Waals surface area contributed by atoms with Crippen molar-refractivity contribution in [1.82, 2.24) is 9.97 Å². The number of nitrogens with one attached hydrogen (secondary N) is 1. The van der Waals surface area contributed by atoms with E-state index in [1.54, 1.807) is 6.33 Å². The van der Waals surface area contributed by atoms with E-state index in [-0.39, 0.29) is 0 Å². The van der Waals surface area contributed by atoms with Gasteiger partial charge in [-0.2, -0.15) is 0 Å². The Labute approximate surface area is 103 Å². The van der Waals surface area contributed by atoms with Gasteiger partial charge in [-0.15, -0.1) is 0 Å². The van der Waals surface area contributed by atoms with Gasteiger partial charge in [0.15, 0.2) is 0 Å². The molecule has 2 rings (SSSR count). The highest BCUT2D eigenvalue weighted by molar-refractivity contribution is 5.57. The number of aromatic nitrogens is 2. The zero-order chi connectivity index (χ0) is 12.3. The summed E-state index contributed by atoms with van der Waals surface area (Å²) < 4.78 is 0. The highest BCUT2D eigenvalue weighted by Gasteiger charge is 2.19. The van der Waals surface area contributed by atoms with Gasteiger partial charge >= 0.3 is 0 Å². The second-order valence-corrected chi connectivity index (χ2v) is 4.95. The molecule has 0 bridgehead atoms. The molecule has 0 saturated heterocycles. The van der Waals surface area contributed by atoms with Crippen molar-refractivity contribution >= 4 is 11.6 Å². The Balaban J connectivity index is 2.09. The predicted octanol–water partition coefficient (Wildman–Crippen LogP) is 2.45. The summed E-state index contributed by atoms with van der Waals surface area (Å²) in [5, 5.41) is 3.11. The van der Waals surface area contributed by atoms with Crippen LogP contribution in [-0.2, 0) is 0 Å². The zero-order valence-electron chi connectivity index (χ0n) is 11.0. The highest BCUT2D eigenvalue weighted by atomic mass is 15.2. The lowest BCUT2D eigenvalue weighted by Crippen LogP contribution is -2.26. The summed E-state index contributed by atoms with van der Waals surface area (Å²) in [6.45, 7) is 3.19. The number of hydrogen-bond acceptors (Lipinski definition) is 4. The standard InChI is InChI=1S/C13H22N4/c1-10-12(14-2)15-9-16-13(10)17(3)8-11-6-4-5-7-11/h9,11H,4-8H2,1-3H3,(H,14,15,16). The largest absolute Gasteiger partial charge is 0.373 e. The van der Waals surface area contributed by atoms with Crippen molar-refractivity contribution in [3.8, 4) is 0 Å². The molecule has 0 aliphatic heterocycles. The molecule has 0 spiro atoms. The van der Waals surface area contributed by atoms with Crippen LogP contribution in [-0.4, -0.2) is 30.6 Å². The minimum Gasteiger partial charge on any atom is -0.373 e. The van der Waals surface area contributed by atoms with Crippen LogP contribution in [0.2, 0.25) is 0 Å². The van der Waals surface area contributed by atoms with Gasteiger partial charge in [0.25, 0.3) is 0 Å². The van der Waals surface area contributed by atoms with E-state index in [1.165, 1.54) is 25.7 Å². The van der Waals surface area contributed by atoms with E-state index in [9.17, 15) is 0 Å². The average Bonchev–Trinajstić information content (AvgIpc) is 2.82. The Bertz CT molecular complexity index is 372. The molecule has 1 aromatic heterocycles. The first-order valence-corrected chi connectivity index (χ1v) is 6.43. The van der Waals surface area contributed by atoms with Crippen LogP contribution in [0.25, 0.3) is 0 Å². The van der Waals surface area contributed by atoms with Crippen LogP contribution in [0.15, 0.2) is 6.33 Å². The maximum absolute atomic E-state index is 4.40. The first-order chi connectivity index (χ1) is 8.22. The third-order valence-corrected chi connectivity index (χ3v) is 3.66. The third-order valence-electron chi connectivity index (χ3n) is 3.66. The van der Waals surface area contributed by atoms with Crippen molar-refractivity contribution in [2.24, 2.45) is 5.92 Å². The Morgan fingerprint density at radius 1 is 1.35 bits per heavy atom. The molecule has 94 valence electrons. The van der Waals surface area contributed by atoms with E-state index in [4.69, 9.17) is 0 Å². The summed E-state index contributed by atoms with van der Waals surface area (Å²) in [5.74, 6) is 2.82. The second-order valence-electron chi connectivity index (χ2n) is 4.95. The average molecular weight is 234 g/mol. The number of rotatable bonds is 4. The van der Waals surface area contributed by atoms with Crippen LogP contribution in [0, 0.1) is 12.8 Å². The van der Waals surface area contributed by atoms with Crippen molar-refractivity contribution < 1.29 is 0 Å². The van der Waals surface area contributed by atoms with Crippen LogP contribution >= 0.6 is 0 Å². The van der Waals surface area contributed by atoms with Gasteiger partial charge in [0, 0.05) is 26.2 Å². The molecule has 0 atom stereocenters. The van der Waals surface area contributed by atoms with Crippen molar-refractivity contribution in [1.29, 1.82) is 0 Å². The summed E-state index contributed by atoms with van der Waals surface area (Å²) in [7, 11) is 4.03. The van der Waals surface area contributed by atoms with Crippen LogP contribution < -0.4 is 10.2 Å². The van der Waals surface area contributed by atoms with E-state index < -0.39 is 0 Å². The summed E-state index contributed by atoms with van der Waals surface area (Å²) >= 11 is 0. The number of nitrogens with zero attached hydrogens (tertiary/aromatic N) is 3. The highest BCUT2D eigenvalue weighted by Crippen LogP contribution is 2.28. The predicted molar refractivity (Wildman–Crippen MR) is 71.5 cm³/mol. The van der Waals surface area contributed by atoms with Gasteiger partial charge in [0.2, 0.25) is 0 Å². The molecule has 4 heteroatoms. The van der Waals surface area contributed by atoms with Crippen LogP contribution in [0.4, 0.5) is 11.6 Å². The van der Waals surface area contributed by atoms with E-state index in [2.05, 4.69) is 34.2 Å². The molecular formula is C13H22N4. The molecule has 1 aromatic rings. The maximum atomic E-state index is 4.40. The minimum absolute atomic E-state index is 0.840. The van der Waals surface area contributed by atoms with Crippen molar-refractivity contribution in [2.75, 3.05) is 30.9 Å². The molecule has 1 aliphatic carbocycles. The number of hydrogen-bond donors (Lipinski definition) is 1. The fraction of sp³-hybridized carbons (Fsp3) is 0.692. The Hall–Kier alpha value is -1.32. The summed E-state index contributed by atoms with van der Waals surface area (Å²) in [6.07, 6.45) is 7.16. The molecule has 1 N–H and O–H groups in total. The fourth-order valence-corrected chi connectivity index (χ4v) is 2.74. The summed E-state index contributed by atoms with van der Waals surface area (Å²) in [4.78, 5) is 10.9. The summed E-state index contributed by atoms with van der Waals surface area (Å²) in [5.41, 5.74) is 1.13. The molecule has 0 aromatic carbocycles. The van der Waals surface area contributed by atoms with E-state index in [1.807, 2.05) is 7.05 Å². The van der Waals surface area contributed by atoms with Gasteiger partial charge < -0.3 is 10.2 Å². The van der Waals surface area contributed by atoms with Crippen LogP contribution in [0.3, 0.4) is 0 Å². The van der Waals surface area contributed by atoms with Gasteiger partial charge in [0.1, 0.15) is 18.0 Å². The normalized spacial score (nSPS) is 16.2. The maximum Gasteiger partial charge on any atom is 0.136 e. The lowest BCUT2D eigenvalue weighted by atomic mass is 10.1. The molecule has 0 amide bonds. The van der Waals surface area contributed by atoms with Crippen molar-refractivity contribution in [3.63, 3.8) is 0 Å². The first kappa shape index (κ1) is 12.1. The lowest BCUT2D eigenvalue weighted by molar-refractivity contribution is 0.544. The second kappa shape index (κ2) is 5.34. The minimum atomic E-state index is 0.840. The number of anilines is 2.